The third kappa shape index (κ3) is 3.51. The summed E-state index contributed by atoms with van der Waals surface area (Å²) in [6, 6.07) is 9.94. The van der Waals surface area contributed by atoms with Crippen molar-refractivity contribution in [3.8, 4) is 10.6 Å². The van der Waals surface area contributed by atoms with Gasteiger partial charge in [-0.15, -0.1) is 22.7 Å². The number of thiazole rings is 2. The number of hydrogen-bond donors (Lipinski definition) is 1. The van der Waals surface area contributed by atoms with Crippen molar-refractivity contribution in [3.05, 3.63) is 53.0 Å². The normalized spacial score (nSPS) is 16.8. The number of hydrogen-bond acceptors (Lipinski definition) is 6. The number of amides is 2. The van der Waals surface area contributed by atoms with Gasteiger partial charge in [-0.25, -0.2) is 9.97 Å². The fourth-order valence-electron chi connectivity index (χ4n) is 2.84. The van der Waals surface area contributed by atoms with Crippen LogP contribution in [0.4, 0.5) is 5.13 Å². The second kappa shape index (κ2) is 7.35. The number of nitrogens with one attached hydrogen (secondary N) is 1. The minimum Gasteiger partial charge on any atom is -0.350 e. The van der Waals surface area contributed by atoms with Crippen LogP contribution in [0, 0.1) is 5.92 Å². The monoisotopic (exact) mass is 384 g/mol. The van der Waals surface area contributed by atoms with E-state index in [1.54, 1.807) is 22.4 Å². The van der Waals surface area contributed by atoms with E-state index in [0.29, 0.717) is 18.2 Å². The van der Waals surface area contributed by atoms with E-state index in [-0.39, 0.29) is 24.2 Å². The molecule has 26 heavy (non-hydrogen) atoms. The zero-order chi connectivity index (χ0) is 17.9. The number of aromatic nitrogens is 2. The molecule has 1 unspecified atom stereocenters. The quantitative estimate of drug-likeness (QED) is 0.734. The van der Waals surface area contributed by atoms with Gasteiger partial charge in [-0.05, 0) is 0 Å². The molecule has 2 amide bonds. The molecule has 1 N–H and O–H groups in total. The van der Waals surface area contributed by atoms with Crippen molar-refractivity contribution >= 4 is 39.6 Å². The molecule has 6 nitrogen and oxygen atoms in total. The lowest BCUT2D eigenvalue weighted by Crippen LogP contribution is -2.32. The second-order valence-corrected chi connectivity index (χ2v) is 7.68. The molecule has 2 aromatic heterocycles. The Morgan fingerprint density at radius 3 is 2.88 bits per heavy atom. The van der Waals surface area contributed by atoms with Crippen LogP contribution in [0.25, 0.3) is 10.6 Å². The molecule has 8 heteroatoms. The first-order chi connectivity index (χ1) is 12.7. The lowest BCUT2D eigenvalue weighted by molar-refractivity contribution is -0.126. The van der Waals surface area contributed by atoms with Crippen LogP contribution < -0.4 is 10.2 Å². The van der Waals surface area contributed by atoms with Crippen molar-refractivity contribution in [1.82, 2.24) is 15.3 Å². The summed E-state index contributed by atoms with van der Waals surface area (Å²) >= 11 is 2.96. The Bertz CT molecular complexity index is 908. The van der Waals surface area contributed by atoms with E-state index in [4.69, 9.17) is 0 Å². The number of rotatable bonds is 5. The highest BCUT2D eigenvalue weighted by Crippen LogP contribution is 2.27. The fourth-order valence-corrected chi connectivity index (χ4v) is 4.34. The van der Waals surface area contributed by atoms with Crippen LogP contribution in [0.3, 0.4) is 0 Å². The molecule has 132 valence electrons. The number of benzene rings is 1. The summed E-state index contributed by atoms with van der Waals surface area (Å²) in [5, 5.41) is 8.25. The molecule has 1 fully saturated rings. The summed E-state index contributed by atoms with van der Waals surface area (Å²) in [5.41, 5.74) is 1.89. The second-order valence-electron chi connectivity index (χ2n) is 5.95. The van der Waals surface area contributed by atoms with Crippen molar-refractivity contribution in [3.63, 3.8) is 0 Å². The number of anilines is 1. The summed E-state index contributed by atoms with van der Waals surface area (Å²) in [7, 11) is 0. The molecule has 1 aromatic carbocycles. The Hall–Kier alpha value is -2.58. The summed E-state index contributed by atoms with van der Waals surface area (Å²) in [6.07, 6.45) is 1.88. The van der Waals surface area contributed by atoms with Gasteiger partial charge in [0.15, 0.2) is 5.13 Å². The lowest BCUT2D eigenvalue weighted by atomic mass is 10.1. The van der Waals surface area contributed by atoms with Gasteiger partial charge < -0.3 is 5.32 Å². The molecule has 0 saturated carbocycles. The average molecular weight is 384 g/mol. The Morgan fingerprint density at radius 1 is 1.27 bits per heavy atom. The molecule has 0 radical (unpaired) electrons. The fraction of sp³-hybridized carbons (Fsp3) is 0.222. The molecule has 1 aliphatic heterocycles. The molecular formula is C18H16N4O2S2. The van der Waals surface area contributed by atoms with Gasteiger partial charge in [0, 0.05) is 35.5 Å². The van der Waals surface area contributed by atoms with Crippen molar-refractivity contribution in [2.45, 2.75) is 13.0 Å². The molecule has 0 aliphatic carbocycles. The van der Waals surface area contributed by atoms with E-state index in [1.165, 1.54) is 11.3 Å². The average Bonchev–Trinajstić information content (AvgIpc) is 3.41. The molecule has 0 bridgehead atoms. The molecular weight excluding hydrogens is 368 g/mol. The van der Waals surface area contributed by atoms with E-state index in [1.807, 2.05) is 41.1 Å². The van der Waals surface area contributed by atoms with Gasteiger partial charge >= 0.3 is 0 Å². The first-order valence-corrected chi connectivity index (χ1v) is 9.94. The SMILES string of the molecule is O=C(NCc1csc(-c2ccccc2)n1)C1CC(=O)N(c2nccs2)C1. The summed E-state index contributed by atoms with van der Waals surface area (Å²) in [6.45, 7) is 0.745. The summed E-state index contributed by atoms with van der Waals surface area (Å²) in [4.78, 5) is 34.9. The van der Waals surface area contributed by atoms with E-state index in [2.05, 4.69) is 15.3 Å². The zero-order valence-electron chi connectivity index (χ0n) is 13.8. The zero-order valence-corrected chi connectivity index (χ0v) is 15.4. The summed E-state index contributed by atoms with van der Waals surface area (Å²) < 4.78 is 0. The van der Waals surface area contributed by atoms with Crippen LogP contribution in [0.1, 0.15) is 12.1 Å². The predicted molar refractivity (Wildman–Crippen MR) is 102 cm³/mol. The molecule has 1 saturated heterocycles. The Balaban J connectivity index is 1.35. The van der Waals surface area contributed by atoms with E-state index in [0.717, 1.165) is 16.3 Å². The highest BCUT2D eigenvalue weighted by Gasteiger charge is 2.36. The van der Waals surface area contributed by atoms with Crippen LogP contribution in [0.15, 0.2) is 47.3 Å². The standard InChI is InChI=1S/C18H16N4O2S2/c23-15-8-13(10-22(15)18-19-6-7-25-18)16(24)20-9-14-11-26-17(21-14)12-4-2-1-3-5-12/h1-7,11,13H,8-10H2,(H,20,24). The summed E-state index contributed by atoms with van der Waals surface area (Å²) in [5.74, 6) is -0.523. The van der Waals surface area contributed by atoms with Gasteiger partial charge in [0.1, 0.15) is 5.01 Å². The van der Waals surface area contributed by atoms with E-state index in [9.17, 15) is 9.59 Å². The van der Waals surface area contributed by atoms with Gasteiger partial charge in [-0.2, -0.15) is 0 Å². The molecule has 3 heterocycles. The predicted octanol–water partition coefficient (Wildman–Crippen LogP) is 2.94. The van der Waals surface area contributed by atoms with Crippen LogP contribution in [0.2, 0.25) is 0 Å². The topological polar surface area (TPSA) is 75.2 Å². The van der Waals surface area contributed by atoms with Gasteiger partial charge in [0.05, 0.1) is 18.2 Å². The third-order valence-electron chi connectivity index (χ3n) is 4.16. The molecule has 4 rings (SSSR count). The van der Waals surface area contributed by atoms with Gasteiger partial charge in [-0.1, -0.05) is 30.3 Å². The number of carbonyl (C=O) groups excluding carboxylic acids is 2. The molecule has 1 aliphatic rings. The maximum absolute atomic E-state index is 12.4. The number of nitrogens with zero attached hydrogens (tertiary/aromatic N) is 3. The largest absolute Gasteiger partial charge is 0.350 e. The molecule has 3 aromatic rings. The molecule has 0 spiro atoms. The lowest BCUT2D eigenvalue weighted by Gasteiger charge is -2.12. The minimum atomic E-state index is -0.348. The first kappa shape index (κ1) is 16.9. The van der Waals surface area contributed by atoms with Gasteiger partial charge in [0.25, 0.3) is 0 Å². The van der Waals surface area contributed by atoms with Crippen LogP contribution in [-0.4, -0.2) is 28.3 Å². The van der Waals surface area contributed by atoms with Crippen LogP contribution in [-0.2, 0) is 16.1 Å². The maximum Gasteiger partial charge on any atom is 0.229 e. The van der Waals surface area contributed by atoms with E-state index < -0.39 is 0 Å². The van der Waals surface area contributed by atoms with Gasteiger partial charge in [-0.3, -0.25) is 14.5 Å². The van der Waals surface area contributed by atoms with Crippen molar-refractivity contribution in [2.24, 2.45) is 5.92 Å². The van der Waals surface area contributed by atoms with Crippen molar-refractivity contribution in [2.75, 3.05) is 11.4 Å². The van der Waals surface area contributed by atoms with Crippen molar-refractivity contribution < 1.29 is 9.59 Å². The van der Waals surface area contributed by atoms with E-state index >= 15 is 0 Å². The Labute approximate surface area is 158 Å². The van der Waals surface area contributed by atoms with Crippen molar-refractivity contribution in [1.29, 1.82) is 0 Å². The van der Waals surface area contributed by atoms with Crippen LogP contribution in [0.5, 0.6) is 0 Å². The smallest absolute Gasteiger partial charge is 0.229 e. The third-order valence-corrected chi connectivity index (χ3v) is 5.90. The highest BCUT2D eigenvalue weighted by molar-refractivity contribution is 7.14. The highest BCUT2D eigenvalue weighted by atomic mass is 32.1. The first-order valence-electron chi connectivity index (χ1n) is 8.18. The Kier molecular flexibility index (Phi) is 4.77. The Morgan fingerprint density at radius 2 is 2.12 bits per heavy atom. The number of carbonyl (C=O) groups is 2. The van der Waals surface area contributed by atoms with Gasteiger partial charge in [0.2, 0.25) is 11.8 Å². The van der Waals surface area contributed by atoms with Crippen LogP contribution >= 0.6 is 22.7 Å². The molecule has 1 atom stereocenters. The maximum atomic E-state index is 12.4. The minimum absolute atomic E-state index is 0.0554.